The summed E-state index contributed by atoms with van der Waals surface area (Å²) in [5.74, 6) is 2.37. The molecule has 0 atom stereocenters. The highest BCUT2D eigenvalue weighted by atomic mass is 32.1. The lowest BCUT2D eigenvalue weighted by Gasteiger charge is -2.07. The van der Waals surface area contributed by atoms with Crippen molar-refractivity contribution >= 4 is 22.2 Å². The second-order valence-corrected chi connectivity index (χ2v) is 6.16. The van der Waals surface area contributed by atoms with Gasteiger partial charge in [0.05, 0.1) is 26.4 Å². The van der Waals surface area contributed by atoms with Crippen molar-refractivity contribution in [2.75, 3.05) is 31.7 Å². The normalized spacial score (nSPS) is 10.2. The molecule has 0 saturated carbocycles. The fourth-order valence-corrected chi connectivity index (χ4v) is 3.02. The Kier molecular flexibility index (Phi) is 7.24. The smallest absolute Gasteiger partial charge is 0.280 e. The van der Waals surface area contributed by atoms with Crippen molar-refractivity contribution in [1.29, 1.82) is 5.26 Å². The van der Waals surface area contributed by atoms with E-state index in [9.17, 15) is 10.1 Å². The Balaban J connectivity index is 1.98. The molecule has 2 rings (SSSR count). The molecular formula is C18H19N3O3S. The van der Waals surface area contributed by atoms with Crippen LogP contribution in [-0.2, 0) is 16.0 Å². The number of hydrogen-bond acceptors (Lipinski definition) is 6. The summed E-state index contributed by atoms with van der Waals surface area (Å²) in [7, 11) is 0. The van der Waals surface area contributed by atoms with Crippen LogP contribution < -0.4 is 10.9 Å². The van der Waals surface area contributed by atoms with Crippen molar-refractivity contribution in [3.8, 4) is 18.4 Å². The van der Waals surface area contributed by atoms with E-state index in [2.05, 4.69) is 11.2 Å². The number of aromatic nitrogens is 1. The van der Waals surface area contributed by atoms with E-state index in [0.717, 1.165) is 11.3 Å². The van der Waals surface area contributed by atoms with Gasteiger partial charge in [0, 0.05) is 5.69 Å². The van der Waals surface area contributed by atoms with Crippen LogP contribution in [0, 0.1) is 30.6 Å². The Morgan fingerprint density at radius 2 is 2.04 bits per heavy atom. The minimum Gasteiger partial charge on any atom is -0.377 e. The third-order valence-corrected chi connectivity index (χ3v) is 4.43. The van der Waals surface area contributed by atoms with Crippen LogP contribution in [0.4, 0.5) is 10.7 Å². The number of hydrogen-bond donors (Lipinski definition) is 1. The van der Waals surface area contributed by atoms with Gasteiger partial charge in [-0.1, -0.05) is 24.1 Å². The summed E-state index contributed by atoms with van der Waals surface area (Å²) in [4.78, 5) is 12.3. The molecule has 0 fully saturated rings. The zero-order valence-corrected chi connectivity index (χ0v) is 14.8. The second kappa shape index (κ2) is 9.65. The van der Waals surface area contributed by atoms with Gasteiger partial charge < -0.3 is 14.8 Å². The van der Waals surface area contributed by atoms with Crippen molar-refractivity contribution < 1.29 is 9.47 Å². The molecule has 25 heavy (non-hydrogen) atoms. The van der Waals surface area contributed by atoms with Crippen molar-refractivity contribution in [3.05, 3.63) is 45.7 Å². The van der Waals surface area contributed by atoms with E-state index in [-0.39, 0.29) is 17.7 Å². The van der Waals surface area contributed by atoms with Crippen LogP contribution in [0.25, 0.3) is 0 Å². The number of nitrogens with one attached hydrogen (secondary N) is 1. The average Bonchev–Trinajstić information content (AvgIpc) is 2.91. The molecule has 6 nitrogen and oxygen atoms in total. The van der Waals surface area contributed by atoms with Gasteiger partial charge in [0.15, 0.2) is 5.56 Å². The Labute approximate surface area is 150 Å². The number of para-hydroxylation sites is 1. The van der Waals surface area contributed by atoms with E-state index in [1.165, 1.54) is 15.5 Å². The average molecular weight is 357 g/mol. The Morgan fingerprint density at radius 1 is 1.28 bits per heavy atom. The molecular weight excluding hydrogens is 338 g/mol. The lowest BCUT2D eigenvalue weighted by atomic mass is 10.2. The number of anilines is 2. The van der Waals surface area contributed by atoms with E-state index in [4.69, 9.17) is 15.9 Å². The maximum absolute atomic E-state index is 12.3. The first-order valence-electron chi connectivity index (χ1n) is 7.73. The maximum Gasteiger partial charge on any atom is 0.280 e. The first kappa shape index (κ1) is 18.8. The van der Waals surface area contributed by atoms with Gasteiger partial charge in [-0.05, 0) is 30.1 Å². The van der Waals surface area contributed by atoms with Crippen LogP contribution in [0.15, 0.2) is 29.1 Å². The Bertz CT molecular complexity index is 842. The summed E-state index contributed by atoms with van der Waals surface area (Å²) < 4.78 is 12.0. The summed E-state index contributed by atoms with van der Waals surface area (Å²) >= 11 is 1.22. The van der Waals surface area contributed by atoms with Gasteiger partial charge >= 0.3 is 0 Å². The first-order valence-corrected chi connectivity index (χ1v) is 8.50. The van der Waals surface area contributed by atoms with Crippen LogP contribution in [0.2, 0.25) is 0 Å². The molecule has 0 aliphatic rings. The predicted octanol–water partition coefficient (Wildman–Crippen LogP) is 2.50. The summed E-state index contributed by atoms with van der Waals surface area (Å²) in [6.45, 7) is 3.77. The number of nitriles is 1. The lowest BCUT2D eigenvalue weighted by Crippen LogP contribution is -2.19. The van der Waals surface area contributed by atoms with Gasteiger partial charge in [0.25, 0.3) is 5.56 Å². The number of ether oxygens (including phenoxy) is 2. The highest BCUT2D eigenvalue weighted by Crippen LogP contribution is 2.25. The number of aryl methyl sites for hydroxylation is 1. The van der Waals surface area contributed by atoms with Gasteiger partial charge in [-0.25, -0.2) is 0 Å². The molecule has 0 unspecified atom stereocenters. The van der Waals surface area contributed by atoms with Gasteiger partial charge in [-0.2, -0.15) is 5.26 Å². The molecule has 7 heteroatoms. The summed E-state index contributed by atoms with van der Waals surface area (Å²) in [6.07, 6.45) is 5.07. The van der Waals surface area contributed by atoms with Gasteiger partial charge in [-0.3, -0.25) is 8.75 Å². The fraction of sp³-hybridized carbons (Fsp3) is 0.333. The van der Waals surface area contributed by atoms with Crippen LogP contribution in [0.1, 0.15) is 11.1 Å². The third kappa shape index (κ3) is 5.20. The van der Waals surface area contributed by atoms with E-state index in [0.29, 0.717) is 31.4 Å². The van der Waals surface area contributed by atoms with Crippen molar-refractivity contribution in [1.82, 2.24) is 3.96 Å². The molecule has 130 valence electrons. The summed E-state index contributed by atoms with van der Waals surface area (Å²) in [5, 5.41) is 13.0. The van der Waals surface area contributed by atoms with E-state index < -0.39 is 0 Å². The minimum atomic E-state index is -0.309. The van der Waals surface area contributed by atoms with Crippen LogP contribution >= 0.6 is 11.5 Å². The van der Waals surface area contributed by atoms with E-state index >= 15 is 0 Å². The molecule has 1 N–H and O–H groups in total. The van der Waals surface area contributed by atoms with Crippen molar-refractivity contribution in [2.24, 2.45) is 0 Å². The standard InChI is InChI=1S/C18H19N3O3S/c1-3-9-23-11-12-24-10-8-21-18(22)15(13-19)17(25-21)20-16-7-5-4-6-14(16)2/h1,4-7,20H,8-12H2,2H3. The fourth-order valence-electron chi connectivity index (χ4n) is 2.08. The topological polar surface area (TPSA) is 76.3 Å². The largest absolute Gasteiger partial charge is 0.377 e. The number of nitrogens with zero attached hydrogens (tertiary/aromatic N) is 2. The second-order valence-electron chi connectivity index (χ2n) is 5.12. The van der Waals surface area contributed by atoms with E-state index in [1.54, 1.807) is 0 Å². The minimum absolute atomic E-state index is 0.116. The monoisotopic (exact) mass is 357 g/mol. The molecule has 0 radical (unpaired) electrons. The summed E-state index contributed by atoms with van der Waals surface area (Å²) in [6, 6.07) is 9.69. The molecule has 0 aliphatic carbocycles. The molecule has 0 spiro atoms. The Morgan fingerprint density at radius 3 is 2.76 bits per heavy atom. The molecule has 0 amide bonds. The number of rotatable bonds is 9. The highest BCUT2D eigenvalue weighted by molar-refractivity contribution is 7.11. The quantitative estimate of drug-likeness (QED) is 0.551. The third-order valence-electron chi connectivity index (χ3n) is 3.37. The summed E-state index contributed by atoms with van der Waals surface area (Å²) in [5.41, 5.74) is 1.71. The van der Waals surface area contributed by atoms with Gasteiger partial charge in [0.1, 0.15) is 17.7 Å². The zero-order valence-electron chi connectivity index (χ0n) is 13.9. The SMILES string of the molecule is C#CCOCCOCCn1sc(Nc2ccccc2C)c(C#N)c1=O. The molecule has 1 aromatic heterocycles. The van der Waals surface area contributed by atoms with Crippen LogP contribution in [-0.4, -0.2) is 30.4 Å². The number of benzene rings is 1. The van der Waals surface area contributed by atoms with Crippen molar-refractivity contribution in [2.45, 2.75) is 13.5 Å². The molecule has 0 aliphatic heterocycles. The van der Waals surface area contributed by atoms with Gasteiger partial charge in [-0.15, -0.1) is 6.42 Å². The number of terminal acetylenes is 1. The van der Waals surface area contributed by atoms with Crippen LogP contribution in [0.5, 0.6) is 0 Å². The molecule has 2 aromatic rings. The van der Waals surface area contributed by atoms with Crippen LogP contribution in [0.3, 0.4) is 0 Å². The lowest BCUT2D eigenvalue weighted by molar-refractivity contribution is 0.0572. The molecule has 0 bridgehead atoms. The molecule has 0 saturated heterocycles. The predicted molar refractivity (Wildman–Crippen MR) is 98.2 cm³/mol. The van der Waals surface area contributed by atoms with Crippen molar-refractivity contribution in [3.63, 3.8) is 0 Å². The highest BCUT2D eigenvalue weighted by Gasteiger charge is 2.15. The molecule has 1 aromatic carbocycles. The molecule has 1 heterocycles. The first-order chi connectivity index (χ1) is 12.2. The van der Waals surface area contributed by atoms with Gasteiger partial charge in [0.2, 0.25) is 0 Å². The van der Waals surface area contributed by atoms with E-state index in [1.807, 2.05) is 37.3 Å². The zero-order chi connectivity index (χ0) is 18.1. The Hall–Kier alpha value is -2.58. The maximum atomic E-state index is 12.3.